The zero-order valence-electron chi connectivity index (χ0n) is 16.2. The van der Waals surface area contributed by atoms with Crippen LogP contribution in [0.2, 0.25) is 0 Å². The maximum absolute atomic E-state index is 8.22. The topological polar surface area (TPSA) is 26.0 Å². The van der Waals surface area contributed by atoms with Crippen molar-refractivity contribution in [3.8, 4) is 11.3 Å². The van der Waals surface area contributed by atoms with E-state index in [0.29, 0.717) is 11.1 Å². The van der Waals surface area contributed by atoms with Gasteiger partial charge in [0.1, 0.15) is 11.2 Å². The van der Waals surface area contributed by atoms with Gasteiger partial charge in [-0.3, -0.25) is 4.98 Å². The van der Waals surface area contributed by atoms with Crippen LogP contribution in [0.1, 0.15) is 10.4 Å². The molecule has 110 valence electrons. The third-order valence-corrected chi connectivity index (χ3v) is 5.07. The summed E-state index contributed by atoms with van der Waals surface area (Å²) in [5.74, 6) is 0. The molecule has 0 aliphatic rings. The average Bonchev–Trinajstić information content (AvgIpc) is 3.22. The van der Waals surface area contributed by atoms with Gasteiger partial charge in [-0.2, -0.15) is 0 Å². The fourth-order valence-corrected chi connectivity index (χ4v) is 4.12. The molecule has 2 nitrogen and oxygen atoms in total. The van der Waals surface area contributed by atoms with E-state index < -0.39 is 0 Å². The summed E-state index contributed by atoms with van der Waals surface area (Å²) in [7, 11) is 0. The number of nitrogens with zero attached hydrogens (tertiary/aromatic N) is 1. The molecule has 23 heavy (non-hydrogen) atoms. The van der Waals surface area contributed by atoms with Crippen LogP contribution in [0.4, 0.5) is 0 Å². The first-order valence-electron chi connectivity index (χ1n) is 9.25. The highest BCUT2D eigenvalue weighted by molar-refractivity contribution is 7.20. The van der Waals surface area contributed by atoms with Crippen LogP contribution in [0.25, 0.3) is 43.3 Å². The van der Waals surface area contributed by atoms with E-state index in [0.717, 1.165) is 26.4 Å². The van der Waals surface area contributed by atoms with Crippen LogP contribution in [0, 0.1) is 6.92 Å². The van der Waals surface area contributed by atoms with Crippen LogP contribution in [0.3, 0.4) is 0 Å². The van der Waals surface area contributed by atoms with Gasteiger partial charge >= 0.3 is 0 Å². The van der Waals surface area contributed by atoms with Gasteiger partial charge in [-0.25, -0.2) is 0 Å². The standard InChI is InChI=1S/C20H13NOS/c1-12-11-13-8-9-17-18(20(13)23-12)15-6-4-5-14(19(15)22-17)16-7-2-3-10-21-16/h2-11H,1H3/i2D,3D,7D,10D. The van der Waals surface area contributed by atoms with Gasteiger partial charge in [-0.15, -0.1) is 11.3 Å². The number of hydrogen-bond acceptors (Lipinski definition) is 3. The Morgan fingerprint density at radius 3 is 3.09 bits per heavy atom. The molecule has 0 amide bonds. The summed E-state index contributed by atoms with van der Waals surface area (Å²) in [6.45, 7) is 2.08. The maximum atomic E-state index is 8.22. The number of furan rings is 1. The highest BCUT2D eigenvalue weighted by atomic mass is 32.1. The van der Waals surface area contributed by atoms with Crippen molar-refractivity contribution < 1.29 is 9.90 Å². The molecule has 5 aromatic rings. The third kappa shape index (κ3) is 1.83. The van der Waals surface area contributed by atoms with Crippen molar-refractivity contribution in [1.29, 1.82) is 0 Å². The van der Waals surface area contributed by atoms with Gasteiger partial charge in [0.25, 0.3) is 0 Å². The molecular weight excluding hydrogens is 302 g/mol. The number of aryl methyl sites for hydroxylation is 1. The lowest BCUT2D eigenvalue weighted by atomic mass is 10.1. The SMILES string of the molecule is [2H]c1nc(-c2cccc3c2oc2ccc4cc(C)sc4c23)c([2H])c([2H])c1[2H]. The van der Waals surface area contributed by atoms with E-state index in [-0.39, 0.29) is 30.0 Å². The Balaban J connectivity index is 1.92. The molecule has 3 heterocycles. The van der Waals surface area contributed by atoms with Gasteiger partial charge in [0, 0.05) is 32.1 Å². The van der Waals surface area contributed by atoms with Crippen LogP contribution in [-0.2, 0) is 0 Å². The number of thiophene rings is 1. The highest BCUT2D eigenvalue weighted by Gasteiger charge is 2.15. The first kappa shape index (κ1) is 9.48. The Kier molecular flexibility index (Phi) is 1.93. The lowest BCUT2D eigenvalue weighted by Crippen LogP contribution is -1.81. The second-order valence-electron chi connectivity index (χ2n) is 5.45. The molecule has 0 atom stereocenters. The number of aromatic nitrogens is 1. The maximum Gasteiger partial charge on any atom is 0.144 e. The quantitative estimate of drug-likeness (QED) is 0.369. The summed E-state index contributed by atoms with van der Waals surface area (Å²) in [6, 6.07) is 11.0. The average molecular weight is 319 g/mol. The number of rotatable bonds is 1. The minimum absolute atomic E-state index is 0.166. The number of benzene rings is 2. The van der Waals surface area contributed by atoms with E-state index in [4.69, 9.17) is 9.90 Å². The van der Waals surface area contributed by atoms with Crippen LogP contribution in [0.5, 0.6) is 0 Å². The molecule has 0 bridgehead atoms. The molecule has 0 radical (unpaired) electrons. The van der Waals surface area contributed by atoms with Crippen molar-refractivity contribution in [3.05, 3.63) is 65.6 Å². The largest absolute Gasteiger partial charge is 0.455 e. The molecule has 0 saturated heterocycles. The van der Waals surface area contributed by atoms with E-state index in [1.807, 2.05) is 24.3 Å². The van der Waals surface area contributed by atoms with E-state index in [1.54, 1.807) is 17.4 Å². The van der Waals surface area contributed by atoms with Gasteiger partial charge in [-0.1, -0.05) is 18.2 Å². The predicted octanol–water partition coefficient (Wildman–Crippen LogP) is 6.17. The Morgan fingerprint density at radius 1 is 1.17 bits per heavy atom. The van der Waals surface area contributed by atoms with Crippen molar-refractivity contribution in [3.63, 3.8) is 0 Å². The Labute approximate surface area is 142 Å². The number of fused-ring (bicyclic) bond motifs is 5. The van der Waals surface area contributed by atoms with Crippen molar-refractivity contribution >= 4 is 43.4 Å². The van der Waals surface area contributed by atoms with E-state index >= 15 is 0 Å². The fourth-order valence-electron chi connectivity index (χ4n) is 3.05. The third-order valence-electron chi connectivity index (χ3n) is 3.99. The second-order valence-corrected chi connectivity index (χ2v) is 6.70. The summed E-state index contributed by atoms with van der Waals surface area (Å²) in [6.07, 6.45) is -0.310. The zero-order chi connectivity index (χ0) is 18.9. The summed E-state index contributed by atoms with van der Waals surface area (Å²) in [5, 5.41) is 3.12. The molecule has 3 aromatic heterocycles. The molecule has 3 heteroatoms. The Bertz CT molecular complexity index is 1390. The molecule has 0 N–H and O–H groups in total. The number of hydrogen-bond donors (Lipinski definition) is 0. The molecule has 0 saturated carbocycles. The zero-order valence-corrected chi connectivity index (χ0v) is 13.0. The van der Waals surface area contributed by atoms with Gasteiger partial charge in [0.05, 0.1) is 11.2 Å². The minimum atomic E-state index is -0.337. The Morgan fingerprint density at radius 2 is 2.13 bits per heavy atom. The second kappa shape index (κ2) is 4.67. The molecule has 0 spiro atoms. The van der Waals surface area contributed by atoms with Gasteiger partial charge < -0.3 is 4.42 Å². The van der Waals surface area contributed by atoms with Gasteiger partial charge in [-0.05, 0) is 48.7 Å². The monoisotopic (exact) mass is 319 g/mol. The summed E-state index contributed by atoms with van der Waals surface area (Å²) in [4.78, 5) is 5.33. The van der Waals surface area contributed by atoms with Crippen LogP contribution in [-0.4, -0.2) is 4.98 Å². The lowest BCUT2D eigenvalue weighted by Gasteiger charge is -2.00. The van der Waals surface area contributed by atoms with E-state index in [1.165, 1.54) is 4.88 Å². The van der Waals surface area contributed by atoms with Crippen LogP contribution in [0.15, 0.2) is 65.1 Å². The minimum Gasteiger partial charge on any atom is -0.455 e. The molecule has 0 aliphatic carbocycles. The molecule has 5 rings (SSSR count). The smallest absolute Gasteiger partial charge is 0.144 e. The van der Waals surface area contributed by atoms with E-state index in [2.05, 4.69) is 18.0 Å². The number of pyridine rings is 1. The molecule has 0 fully saturated rings. The summed E-state index contributed by atoms with van der Waals surface area (Å²) < 4.78 is 39.0. The summed E-state index contributed by atoms with van der Waals surface area (Å²) in [5.41, 5.74) is 2.11. The number of para-hydroxylation sites is 1. The normalized spacial score (nSPS) is 14.1. The van der Waals surface area contributed by atoms with Crippen molar-refractivity contribution in [2.45, 2.75) is 6.92 Å². The van der Waals surface area contributed by atoms with Gasteiger partial charge in [0.2, 0.25) is 0 Å². The first-order valence-corrected chi connectivity index (χ1v) is 8.06. The fraction of sp³-hybridized carbons (Fsp3) is 0.0500. The molecule has 0 aliphatic heterocycles. The van der Waals surface area contributed by atoms with Crippen LogP contribution >= 0.6 is 11.3 Å². The van der Waals surface area contributed by atoms with Crippen molar-refractivity contribution in [1.82, 2.24) is 4.98 Å². The Hall–Kier alpha value is -2.65. The van der Waals surface area contributed by atoms with E-state index in [9.17, 15) is 0 Å². The molecular formula is C20H13NOS. The van der Waals surface area contributed by atoms with Crippen LogP contribution < -0.4 is 0 Å². The first-order chi connectivity index (χ1) is 13.0. The summed E-state index contributed by atoms with van der Waals surface area (Å²) >= 11 is 1.72. The van der Waals surface area contributed by atoms with Crippen molar-refractivity contribution in [2.24, 2.45) is 0 Å². The van der Waals surface area contributed by atoms with Gasteiger partial charge in [0.15, 0.2) is 0 Å². The predicted molar refractivity (Wildman–Crippen MR) is 97.1 cm³/mol. The molecule has 0 unspecified atom stereocenters. The highest BCUT2D eigenvalue weighted by Crippen LogP contribution is 2.41. The van der Waals surface area contributed by atoms with Crippen molar-refractivity contribution in [2.75, 3.05) is 0 Å². The molecule has 2 aromatic carbocycles. The lowest BCUT2D eigenvalue weighted by molar-refractivity contribution is 0.670.